The summed E-state index contributed by atoms with van der Waals surface area (Å²) in [4.78, 5) is 0. The Morgan fingerprint density at radius 3 is 1.24 bits per heavy atom. The van der Waals surface area contributed by atoms with Crippen LogP contribution in [0.4, 0.5) is 0 Å². The molecule has 5 atom stereocenters. The van der Waals surface area contributed by atoms with E-state index >= 15 is 0 Å². The molecule has 0 aromatic heterocycles. The average Bonchev–Trinajstić information content (AvgIpc) is 3.04. The van der Waals surface area contributed by atoms with E-state index in [0.29, 0.717) is 26.4 Å². The lowest BCUT2D eigenvalue weighted by atomic mass is 9.94. The van der Waals surface area contributed by atoms with Crippen LogP contribution in [-0.4, -0.2) is 48.8 Å². The minimum Gasteiger partial charge on any atom is -0.394 e. The van der Waals surface area contributed by atoms with Gasteiger partial charge in [-0.05, 0) is 22.3 Å². The van der Waals surface area contributed by atoms with Gasteiger partial charge in [-0.25, -0.2) is 0 Å². The number of benzene rings is 4. The van der Waals surface area contributed by atoms with Crippen LogP contribution in [0.15, 0.2) is 121 Å². The van der Waals surface area contributed by atoms with Crippen LogP contribution in [0.25, 0.3) is 0 Å². The Hall–Kier alpha value is -3.36. The molecule has 0 spiro atoms. The highest BCUT2D eigenvalue weighted by atomic mass is 16.6. The van der Waals surface area contributed by atoms with E-state index in [1.165, 1.54) is 0 Å². The third kappa shape index (κ3) is 8.57. The summed E-state index contributed by atoms with van der Waals surface area (Å²) in [7, 11) is 0. The molecule has 1 aliphatic heterocycles. The van der Waals surface area contributed by atoms with E-state index in [-0.39, 0.29) is 13.2 Å². The van der Waals surface area contributed by atoms with E-state index < -0.39 is 30.5 Å². The highest BCUT2D eigenvalue weighted by Gasteiger charge is 2.48. The van der Waals surface area contributed by atoms with Crippen molar-refractivity contribution >= 4 is 0 Å². The second-order valence-electron chi connectivity index (χ2n) is 10.2. The first-order valence-corrected chi connectivity index (χ1v) is 14.1. The van der Waals surface area contributed by atoms with Crippen LogP contribution in [-0.2, 0) is 50.1 Å². The van der Waals surface area contributed by atoms with E-state index in [1.54, 1.807) is 0 Å². The standard InChI is InChI=1S/C35H38O6/c36-21-31-33(38-23-28-15-7-2-8-16-28)35(40-25-30-19-11-4-12-20-30)34(39-24-29-17-9-3-10-18-29)32(41-31)26-37-22-27-13-5-1-6-14-27/h1-20,31-36H,21-26H2/t31-,32+,33-,34-,35+/m1/s1. The molecule has 1 heterocycles. The van der Waals surface area contributed by atoms with E-state index in [2.05, 4.69) is 0 Å². The van der Waals surface area contributed by atoms with Crippen molar-refractivity contribution in [1.29, 1.82) is 0 Å². The number of aliphatic hydroxyl groups is 1. The Morgan fingerprint density at radius 2 is 0.829 bits per heavy atom. The van der Waals surface area contributed by atoms with Crippen LogP contribution in [0.5, 0.6) is 0 Å². The quantitative estimate of drug-likeness (QED) is 0.215. The fourth-order valence-corrected chi connectivity index (χ4v) is 5.03. The molecule has 1 N–H and O–H groups in total. The largest absolute Gasteiger partial charge is 0.394 e. The van der Waals surface area contributed by atoms with Crippen molar-refractivity contribution in [2.24, 2.45) is 0 Å². The normalized spacial score (nSPS) is 22.4. The van der Waals surface area contributed by atoms with Gasteiger partial charge in [-0.3, -0.25) is 0 Å². The number of hydrogen-bond acceptors (Lipinski definition) is 6. The molecule has 1 aliphatic rings. The summed E-state index contributed by atoms with van der Waals surface area (Å²) < 4.78 is 32.2. The maximum Gasteiger partial charge on any atom is 0.115 e. The Balaban J connectivity index is 1.38. The van der Waals surface area contributed by atoms with Crippen LogP contribution in [0.3, 0.4) is 0 Å². The minimum absolute atomic E-state index is 0.217. The molecule has 0 radical (unpaired) electrons. The zero-order chi connectivity index (χ0) is 28.1. The van der Waals surface area contributed by atoms with Gasteiger partial charge in [-0.2, -0.15) is 0 Å². The monoisotopic (exact) mass is 554 g/mol. The Kier molecular flexibility index (Phi) is 11.1. The van der Waals surface area contributed by atoms with Crippen molar-refractivity contribution in [3.63, 3.8) is 0 Å². The molecule has 41 heavy (non-hydrogen) atoms. The second kappa shape index (κ2) is 15.6. The lowest BCUT2D eigenvalue weighted by molar-refractivity contribution is -0.277. The van der Waals surface area contributed by atoms with Crippen molar-refractivity contribution in [3.05, 3.63) is 144 Å². The van der Waals surface area contributed by atoms with Crippen molar-refractivity contribution in [2.45, 2.75) is 56.9 Å². The number of rotatable bonds is 14. The van der Waals surface area contributed by atoms with Gasteiger partial charge in [0.25, 0.3) is 0 Å². The van der Waals surface area contributed by atoms with Gasteiger partial charge >= 0.3 is 0 Å². The lowest BCUT2D eigenvalue weighted by Gasteiger charge is -2.46. The van der Waals surface area contributed by atoms with Gasteiger partial charge in [0.1, 0.15) is 30.5 Å². The zero-order valence-electron chi connectivity index (χ0n) is 23.2. The summed E-state index contributed by atoms with van der Waals surface area (Å²) in [5.41, 5.74) is 4.19. The van der Waals surface area contributed by atoms with Gasteiger partial charge < -0.3 is 28.8 Å². The average molecular weight is 555 g/mol. The van der Waals surface area contributed by atoms with E-state index in [0.717, 1.165) is 22.3 Å². The summed E-state index contributed by atoms with van der Waals surface area (Å²) in [6.45, 7) is 1.62. The third-order valence-electron chi connectivity index (χ3n) is 7.16. The second-order valence-corrected chi connectivity index (χ2v) is 10.2. The lowest BCUT2D eigenvalue weighted by Crippen LogP contribution is -2.62. The van der Waals surface area contributed by atoms with Crippen LogP contribution in [0, 0.1) is 0 Å². The molecular weight excluding hydrogens is 516 g/mol. The van der Waals surface area contributed by atoms with Crippen molar-refractivity contribution in [3.8, 4) is 0 Å². The Bertz CT molecular complexity index is 1260. The highest BCUT2D eigenvalue weighted by molar-refractivity contribution is 5.16. The SMILES string of the molecule is OC[C@H]1O[C@@H](COCc2ccccc2)[C@@H](OCc2ccccc2)[C@@H](OCc2ccccc2)[C@@H]1OCc1ccccc1. The van der Waals surface area contributed by atoms with Gasteiger partial charge in [0.2, 0.25) is 0 Å². The molecule has 1 saturated heterocycles. The molecule has 0 amide bonds. The molecule has 214 valence electrons. The Labute approximate surface area is 242 Å². The number of ether oxygens (including phenoxy) is 5. The van der Waals surface area contributed by atoms with Crippen LogP contribution in [0.2, 0.25) is 0 Å². The van der Waals surface area contributed by atoms with Crippen molar-refractivity contribution in [1.82, 2.24) is 0 Å². The highest BCUT2D eigenvalue weighted by Crippen LogP contribution is 2.31. The molecule has 0 aliphatic carbocycles. The predicted molar refractivity (Wildman–Crippen MR) is 157 cm³/mol. The number of aliphatic hydroxyl groups excluding tert-OH is 1. The first-order valence-electron chi connectivity index (χ1n) is 14.1. The Morgan fingerprint density at radius 1 is 0.463 bits per heavy atom. The molecule has 6 heteroatoms. The first-order chi connectivity index (χ1) is 20.3. The topological polar surface area (TPSA) is 66.4 Å². The van der Waals surface area contributed by atoms with Crippen LogP contribution >= 0.6 is 0 Å². The molecule has 0 bridgehead atoms. The van der Waals surface area contributed by atoms with Gasteiger partial charge in [0.05, 0.1) is 39.6 Å². The summed E-state index contributed by atoms with van der Waals surface area (Å²) in [6, 6.07) is 40.1. The molecule has 6 nitrogen and oxygen atoms in total. The first kappa shape index (κ1) is 29.1. The minimum atomic E-state index is -0.610. The summed E-state index contributed by atoms with van der Waals surface area (Å²) >= 11 is 0. The van der Waals surface area contributed by atoms with Gasteiger partial charge in [0.15, 0.2) is 0 Å². The van der Waals surface area contributed by atoms with Gasteiger partial charge in [-0.1, -0.05) is 121 Å². The van der Waals surface area contributed by atoms with Gasteiger partial charge in [0, 0.05) is 0 Å². The van der Waals surface area contributed by atoms with E-state index in [4.69, 9.17) is 23.7 Å². The predicted octanol–water partition coefficient (Wildman–Crippen LogP) is 5.72. The molecular formula is C35H38O6. The summed E-state index contributed by atoms with van der Waals surface area (Å²) in [6.07, 6.45) is -2.66. The molecule has 5 rings (SSSR count). The molecule has 0 saturated carbocycles. The number of hydrogen-bond donors (Lipinski definition) is 1. The molecule has 4 aromatic rings. The fourth-order valence-electron chi connectivity index (χ4n) is 5.03. The third-order valence-corrected chi connectivity index (χ3v) is 7.16. The zero-order valence-corrected chi connectivity index (χ0v) is 23.2. The van der Waals surface area contributed by atoms with Crippen molar-refractivity contribution < 1.29 is 28.8 Å². The molecule has 1 fully saturated rings. The van der Waals surface area contributed by atoms with Crippen LogP contribution in [0.1, 0.15) is 22.3 Å². The molecule has 0 unspecified atom stereocenters. The molecule has 4 aromatic carbocycles. The fraction of sp³-hybridized carbons (Fsp3) is 0.314. The maximum absolute atomic E-state index is 10.4. The summed E-state index contributed by atoms with van der Waals surface area (Å²) in [5.74, 6) is 0. The van der Waals surface area contributed by atoms with Crippen LogP contribution < -0.4 is 0 Å². The van der Waals surface area contributed by atoms with Gasteiger partial charge in [-0.15, -0.1) is 0 Å². The van der Waals surface area contributed by atoms with E-state index in [1.807, 2.05) is 121 Å². The van der Waals surface area contributed by atoms with E-state index in [9.17, 15) is 5.11 Å². The summed E-state index contributed by atoms with van der Waals surface area (Å²) in [5, 5.41) is 10.4. The maximum atomic E-state index is 10.4. The smallest absolute Gasteiger partial charge is 0.115 e. The van der Waals surface area contributed by atoms with Crippen molar-refractivity contribution in [2.75, 3.05) is 13.2 Å².